The zero-order valence-corrected chi connectivity index (χ0v) is 16.0. The summed E-state index contributed by atoms with van der Waals surface area (Å²) in [7, 11) is 0. The summed E-state index contributed by atoms with van der Waals surface area (Å²) in [6, 6.07) is 26.2. The second-order valence-corrected chi connectivity index (χ2v) is 7.08. The summed E-state index contributed by atoms with van der Waals surface area (Å²) >= 11 is 0. The van der Waals surface area contributed by atoms with Crippen molar-refractivity contribution in [1.29, 1.82) is 0 Å². The molecule has 0 aromatic heterocycles. The van der Waals surface area contributed by atoms with Gasteiger partial charge < -0.3 is 15.5 Å². The molecule has 1 saturated heterocycles. The van der Waals surface area contributed by atoms with Crippen molar-refractivity contribution in [2.75, 3.05) is 17.2 Å². The molecular weight excluding hydrogens is 362 g/mol. The van der Waals surface area contributed by atoms with Gasteiger partial charge in [0, 0.05) is 29.2 Å². The predicted molar refractivity (Wildman–Crippen MR) is 115 cm³/mol. The van der Waals surface area contributed by atoms with Gasteiger partial charge in [-0.3, -0.25) is 9.59 Å². The third-order valence-corrected chi connectivity index (χ3v) is 5.05. The average molecular weight is 385 g/mol. The van der Waals surface area contributed by atoms with Crippen LogP contribution in [0.1, 0.15) is 23.2 Å². The van der Waals surface area contributed by atoms with Crippen LogP contribution >= 0.6 is 0 Å². The lowest BCUT2D eigenvalue weighted by Crippen LogP contribution is -2.43. The van der Waals surface area contributed by atoms with E-state index in [1.165, 1.54) is 0 Å². The first-order chi connectivity index (χ1) is 14.2. The van der Waals surface area contributed by atoms with Crippen molar-refractivity contribution in [2.45, 2.75) is 18.9 Å². The second-order valence-electron chi connectivity index (χ2n) is 7.08. The van der Waals surface area contributed by atoms with Gasteiger partial charge in [-0.1, -0.05) is 36.4 Å². The van der Waals surface area contributed by atoms with Crippen LogP contribution in [0.2, 0.25) is 0 Å². The highest BCUT2D eigenvalue weighted by molar-refractivity contribution is 6.01. The monoisotopic (exact) mass is 385 g/mol. The number of hydrogen-bond acceptors (Lipinski definition) is 3. The van der Waals surface area contributed by atoms with Crippen molar-refractivity contribution in [1.82, 2.24) is 4.90 Å². The molecule has 2 amide bonds. The molecule has 29 heavy (non-hydrogen) atoms. The van der Waals surface area contributed by atoms with Gasteiger partial charge in [0.25, 0.3) is 5.91 Å². The Labute approximate surface area is 170 Å². The van der Waals surface area contributed by atoms with E-state index in [1.807, 2.05) is 72.8 Å². The average Bonchev–Trinajstić information content (AvgIpc) is 3.26. The van der Waals surface area contributed by atoms with Gasteiger partial charge in [0.05, 0.1) is 0 Å². The van der Waals surface area contributed by atoms with Gasteiger partial charge in [-0.05, 0) is 61.4 Å². The van der Waals surface area contributed by atoms with Crippen molar-refractivity contribution in [3.63, 3.8) is 0 Å². The Balaban J connectivity index is 1.40. The highest BCUT2D eigenvalue weighted by atomic mass is 16.2. The third-order valence-electron chi connectivity index (χ3n) is 5.05. The minimum absolute atomic E-state index is 0.0920. The number of nitrogens with zero attached hydrogens (tertiary/aromatic N) is 1. The van der Waals surface area contributed by atoms with Crippen LogP contribution in [0.25, 0.3) is 0 Å². The minimum Gasteiger partial charge on any atom is -0.356 e. The second kappa shape index (κ2) is 8.61. The lowest BCUT2D eigenvalue weighted by Gasteiger charge is -2.24. The Morgan fingerprint density at radius 1 is 0.759 bits per heavy atom. The van der Waals surface area contributed by atoms with Crippen molar-refractivity contribution >= 4 is 28.9 Å². The van der Waals surface area contributed by atoms with Crippen LogP contribution in [-0.2, 0) is 4.79 Å². The molecule has 1 atom stereocenters. The van der Waals surface area contributed by atoms with Crippen LogP contribution in [0.5, 0.6) is 0 Å². The van der Waals surface area contributed by atoms with E-state index in [0.29, 0.717) is 24.2 Å². The number of para-hydroxylation sites is 1. The molecule has 1 fully saturated rings. The fourth-order valence-electron chi connectivity index (χ4n) is 3.58. The first kappa shape index (κ1) is 18.7. The smallest absolute Gasteiger partial charge is 0.254 e. The number of hydrogen-bond donors (Lipinski definition) is 2. The van der Waals surface area contributed by atoms with E-state index in [0.717, 1.165) is 17.8 Å². The molecule has 2 N–H and O–H groups in total. The zero-order valence-electron chi connectivity index (χ0n) is 16.0. The summed E-state index contributed by atoms with van der Waals surface area (Å²) in [5, 5.41) is 6.26. The maximum absolute atomic E-state index is 12.8. The highest BCUT2D eigenvalue weighted by Crippen LogP contribution is 2.23. The lowest BCUT2D eigenvalue weighted by atomic mass is 10.1. The lowest BCUT2D eigenvalue weighted by molar-refractivity contribution is -0.119. The number of carbonyl (C=O) groups excluding carboxylic acids is 2. The van der Waals surface area contributed by atoms with Crippen molar-refractivity contribution in [2.24, 2.45) is 0 Å². The molecule has 0 unspecified atom stereocenters. The molecule has 0 saturated carbocycles. The molecule has 1 aliphatic rings. The first-order valence-electron chi connectivity index (χ1n) is 9.80. The largest absolute Gasteiger partial charge is 0.356 e. The Hall–Kier alpha value is -3.60. The molecule has 5 heteroatoms. The molecule has 3 aromatic carbocycles. The van der Waals surface area contributed by atoms with Crippen LogP contribution < -0.4 is 10.6 Å². The normalized spacial score (nSPS) is 15.7. The molecular formula is C24H23N3O2. The highest BCUT2D eigenvalue weighted by Gasteiger charge is 2.34. The van der Waals surface area contributed by atoms with Crippen LogP contribution in [0.15, 0.2) is 84.9 Å². The minimum atomic E-state index is -0.440. The van der Waals surface area contributed by atoms with Crippen LogP contribution in [-0.4, -0.2) is 29.3 Å². The molecule has 1 aliphatic heterocycles. The standard InChI is InChI=1S/C24H23N3O2/c28-23(22-12-7-17-27(22)24(29)18-8-3-1-4-9-18)26-21-15-13-20(14-16-21)25-19-10-5-2-6-11-19/h1-6,8-11,13-16,22,25H,7,12,17H2,(H,26,28)/t22-/m0/s1. The summed E-state index contributed by atoms with van der Waals surface area (Å²) in [4.78, 5) is 27.3. The van der Waals surface area contributed by atoms with E-state index >= 15 is 0 Å². The topological polar surface area (TPSA) is 61.4 Å². The maximum Gasteiger partial charge on any atom is 0.254 e. The van der Waals surface area contributed by atoms with Gasteiger partial charge in [-0.2, -0.15) is 0 Å². The van der Waals surface area contributed by atoms with Gasteiger partial charge in [0.1, 0.15) is 6.04 Å². The summed E-state index contributed by atoms with van der Waals surface area (Å²) in [6.07, 6.45) is 1.51. The Kier molecular flexibility index (Phi) is 5.56. The van der Waals surface area contributed by atoms with E-state index < -0.39 is 6.04 Å². The molecule has 146 valence electrons. The summed E-state index contributed by atoms with van der Waals surface area (Å²) in [6.45, 7) is 0.603. The summed E-state index contributed by atoms with van der Waals surface area (Å²) < 4.78 is 0. The predicted octanol–water partition coefficient (Wildman–Crippen LogP) is 4.67. The zero-order chi connectivity index (χ0) is 20.1. The van der Waals surface area contributed by atoms with Crippen LogP contribution in [0.3, 0.4) is 0 Å². The van der Waals surface area contributed by atoms with E-state index in [1.54, 1.807) is 17.0 Å². The van der Waals surface area contributed by atoms with Crippen molar-refractivity contribution in [3.05, 3.63) is 90.5 Å². The molecule has 0 aliphatic carbocycles. The van der Waals surface area contributed by atoms with Crippen LogP contribution in [0.4, 0.5) is 17.1 Å². The quantitative estimate of drug-likeness (QED) is 0.671. The van der Waals surface area contributed by atoms with Gasteiger partial charge in [0.15, 0.2) is 0 Å². The molecule has 1 heterocycles. The molecule has 5 nitrogen and oxygen atoms in total. The number of carbonyl (C=O) groups is 2. The fourth-order valence-corrected chi connectivity index (χ4v) is 3.58. The van der Waals surface area contributed by atoms with E-state index in [-0.39, 0.29) is 11.8 Å². The molecule has 0 radical (unpaired) electrons. The van der Waals surface area contributed by atoms with Gasteiger partial charge in [0.2, 0.25) is 5.91 Å². The number of benzene rings is 3. The fraction of sp³-hybridized carbons (Fsp3) is 0.167. The van der Waals surface area contributed by atoms with Crippen LogP contribution in [0, 0.1) is 0 Å². The van der Waals surface area contributed by atoms with Gasteiger partial charge in [-0.25, -0.2) is 0 Å². The molecule has 0 bridgehead atoms. The van der Waals surface area contributed by atoms with Gasteiger partial charge >= 0.3 is 0 Å². The van der Waals surface area contributed by atoms with E-state index in [9.17, 15) is 9.59 Å². The van der Waals surface area contributed by atoms with E-state index in [4.69, 9.17) is 0 Å². The summed E-state index contributed by atoms with van der Waals surface area (Å²) in [5.41, 5.74) is 3.28. The number of likely N-dealkylation sites (tertiary alicyclic amines) is 1. The Morgan fingerprint density at radius 2 is 1.34 bits per heavy atom. The first-order valence-corrected chi connectivity index (χ1v) is 9.80. The van der Waals surface area contributed by atoms with Crippen molar-refractivity contribution in [3.8, 4) is 0 Å². The number of anilines is 3. The maximum atomic E-state index is 12.8. The van der Waals surface area contributed by atoms with E-state index in [2.05, 4.69) is 10.6 Å². The van der Waals surface area contributed by atoms with Gasteiger partial charge in [-0.15, -0.1) is 0 Å². The SMILES string of the molecule is O=C(Nc1ccc(Nc2ccccc2)cc1)[C@@H]1CCCN1C(=O)c1ccccc1. The Morgan fingerprint density at radius 3 is 2.03 bits per heavy atom. The summed E-state index contributed by atoms with van der Waals surface area (Å²) in [5.74, 6) is -0.235. The molecule has 0 spiro atoms. The Bertz CT molecular complexity index is 972. The third kappa shape index (κ3) is 4.46. The molecule has 3 aromatic rings. The molecule has 4 rings (SSSR count). The number of amides is 2. The number of rotatable bonds is 5. The van der Waals surface area contributed by atoms with Crippen molar-refractivity contribution < 1.29 is 9.59 Å². The number of nitrogens with one attached hydrogen (secondary N) is 2.